The number of nitrogens with one attached hydrogen (secondary N) is 1. The molecule has 1 N–H and O–H groups in total. The normalized spacial score (nSPS) is 12.8. The topological polar surface area (TPSA) is 96.0 Å². The fourth-order valence-electron chi connectivity index (χ4n) is 3.99. The highest BCUT2D eigenvalue weighted by molar-refractivity contribution is 9.10. The third kappa shape index (κ3) is 7.85. The van der Waals surface area contributed by atoms with E-state index in [-0.39, 0.29) is 23.4 Å². The van der Waals surface area contributed by atoms with Crippen molar-refractivity contribution in [2.75, 3.05) is 18.0 Å². The molecule has 0 saturated heterocycles. The third-order valence-electron chi connectivity index (χ3n) is 6.66. The van der Waals surface area contributed by atoms with Crippen LogP contribution >= 0.6 is 15.9 Å². The molecule has 0 spiro atoms. The van der Waals surface area contributed by atoms with Crippen LogP contribution in [0.2, 0.25) is 0 Å². The number of carbonyl (C=O) groups is 2. The van der Waals surface area contributed by atoms with Crippen LogP contribution in [0.15, 0.2) is 82.2 Å². The molecular formula is C30H36BrN3O5S. The van der Waals surface area contributed by atoms with E-state index in [0.29, 0.717) is 11.4 Å². The molecule has 3 rings (SSSR count). The Kier molecular flexibility index (Phi) is 10.8. The summed E-state index contributed by atoms with van der Waals surface area (Å²) in [6.45, 7) is 6.96. The first-order valence-electron chi connectivity index (χ1n) is 13.0. The lowest BCUT2D eigenvalue weighted by molar-refractivity contribution is -0.139. The first kappa shape index (κ1) is 31.2. The Labute approximate surface area is 245 Å². The number of carbonyl (C=O) groups excluding carboxylic acids is 2. The molecule has 3 aromatic rings. The van der Waals surface area contributed by atoms with Crippen LogP contribution in [0.5, 0.6) is 5.75 Å². The van der Waals surface area contributed by atoms with Gasteiger partial charge in [0, 0.05) is 17.1 Å². The number of hydrogen-bond acceptors (Lipinski definition) is 5. The maximum absolute atomic E-state index is 14.0. The minimum absolute atomic E-state index is 0.0655. The number of aryl methyl sites for hydroxylation is 1. The van der Waals surface area contributed by atoms with E-state index < -0.39 is 28.5 Å². The van der Waals surface area contributed by atoms with Crippen molar-refractivity contribution in [2.45, 2.75) is 57.6 Å². The highest BCUT2D eigenvalue weighted by Crippen LogP contribution is 2.26. The molecule has 40 heavy (non-hydrogen) atoms. The monoisotopic (exact) mass is 629 g/mol. The van der Waals surface area contributed by atoms with E-state index in [1.165, 1.54) is 17.0 Å². The van der Waals surface area contributed by atoms with Gasteiger partial charge in [-0.2, -0.15) is 0 Å². The van der Waals surface area contributed by atoms with Crippen molar-refractivity contribution in [1.82, 2.24) is 10.2 Å². The zero-order valence-electron chi connectivity index (χ0n) is 23.4. The van der Waals surface area contributed by atoms with Crippen LogP contribution in [0.1, 0.15) is 38.3 Å². The number of hydrogen-bond donors (Lipinski definition) is 1. The minimum Gasteiger partial charge on any atom is -0.497 e. The summed E-state index contributed by atoms with van der Waals surface area (Å²) < 4.78 is 34.9. The Balaban J connectivity index is 2.03. The summed E-state index contributed by atoms with van der Waals surface area (Å²) >= 11 is 3.38. The molecule has 2 atom stereocenters. The SMILES string of the molecule is CC[C@H](C)NC(=O)[C@H](C)N(Cc1cccc(OC)c1)C(=O)CN(c1ccc(Br)cc1)S(=O)(=O)c1ccc(C)cc1. The molecule has 0 aliphatic heterocycles. The number of anilines is 1. The van der Waals surface area contributed by atoms with E-state index in [1.54, 1.807) is 68.6 Å². The summed E-state index contributed by atoms with van der Waals surface area (Å²) in [6.07, 6.45) is 0.731. The van der Waals surface area contributed by atoms with Gasteiger partial charge >= 0.3 is 0 Å². The van der Waals surface area contributed by atoms with Gasteiger partial charge in [-0.15, -0.1) is 0 Å². The fourth-order valence-corrected chi connectivity index (χ4v) is 5.67. The van der Waals surface area contributed by atoms with Crippen LogP contribution in [0.3, 0.4) is 0 Å². The first-order valence-corrected chi connectivity index (χ1v) is 15.3. The van der Waals surface area contributed by atoms with Gasteiger partial charge < -0.3 is 15.0 Å². The molecule has 0 radical (unpaired) electrons. The van der Waals surface area contributed by atoms with Crippen LogP contribution in [0, 0.1) is 6.92 Å². The number of methoxy groups -OCH3 is 1. The molecule has 8 nitrogen and oxygen atoms in total. The highest BCUT2D eigenvalue weighted by atomic mass is 79.9. The van der Waals surface area contributed by atoms with Crippen molar-refractivity contribution in [3.05, 3.63) is 88.4 Å². The van der Waals surface area contributed by atoms with E-state index in [4.69, 9.17) is 4.74 Å². The van der Waals surface area contributed by atoms with Gasteiger partial charge in [-0.3, -0.25) is 13.9 Å². The molecule has 0 bridgehead atoms. The van der Waals surface area contributed by atoms with Crippen molar-refractivity contribution >= 4 is 43.5 Å². The second-order valence-corrected chi connectivity index (χ2v) is 12.4. The standard InChI is InChI=1S/C30H36BrN3O5S/c1-6-22(3)32-30(36)23(4)33(19-24-8-7-9-27(18-24)39-5)29(35)20-34(26-14-12-25(31)13-15-26)40(37,38)28-16-10-21(2)11-17-28/h7-18,22-23H,6,19-20H2,1-5H3,(H,32,36)/t22-,23-/m0/s1. The van der Waals surface area contributed by atoms with Crippen LogP contribution in [0.25, 0.3) is 0 Å². The number of amides is 2. The fraction of sp³-hybridized carbons (Fsp3) is 0.333. The summed E-state index contributed by atoms with van der Waals surface area (Å²) in [4.78, 5) is 28.6. The molecular weight excluding hydrogens is 594 g/mol. The van der Waals surface area contributed by atoms with Crippen molar-refractivity contribution in [3.8, 4) is 5.75 Å². The number of sulfonamides is 1. The Morgan fingerprint density at radius 1 is 1.00 bits per heavy atom. The van der Waals surface area contributed by atoms with Gasteiger partial charge in [0.1, 0.15) is 18.3 Å². The molecule has 0 fully saturated rings. The van der Waals surface area contributed by atoms with Gasteiger partial charge in [0.05, 0.1) is 17.7 Å². The maximum Gasteiger partial charge on any atom is 0.264 e. The van der Waals surface area contributed by atoms with Gasteiger partial charge in [-0.1, -0.05) is 52.7 Å². The molecule has 0 aliphatic rings. The van der Waals surface area contributed by atoms with Crippen molar-refractivity contribution in [2.24, 2.45) is 0 Å². The Bertz CT molecular complexity index is 1410. The van der Waals surface area contributed by atoms with Gasteiger partial charge in [-0.25, -0.2) is 8.42 Å². The lowest BCUT2D eigenvalue weighted by atomic mass is 10.1. The first-order chi connectivity index (χ1) is 19.0. The predicted octanol–water partition coefficient (Wildman–Crippen LogP) is 5.29. The van der Waals surface area contributed by atoms with Gasteiger partial charge in [0.15, 0.2) is 0 Å². The van der Waals surface area contributed by atoms with E-state index in [2.05, 4.69) is 21.2 Å². The lowest BCUT2D eigenvalue weighted by Gasteiger charge is -2.32. The van der Waals surface area contributed by atoms with Gasteiger partial charge in [0.25, 0.3) is 10.0 Å². The van der Waals surface area contributed by atoms with Crippen LogP contribution in [-0.4, -0.2) is 50.9 Å². The summed E-state index contributed by atoms with van der Waals surface area (Å²) in [5, 5.41) is 2.93. The number of halogens is 1. The molecule has 0 aliphatic carbocycles. The Morgan fingerprint density at radius 2 is 1.65 bits per heavy atom. The van der Waals surface area contributed by atoms with Crippen molar-refractivity contribution < 1.29 is 22.7 Å². The number of rotatable bonds is 12. The van der Waals surface area contributed by atoms with E-state index in [0.717, 1.165) is 26.3 Å². The smallest absolute Gasteiger partial charge is 0.264 e. The number of ether oxygens (including phenoxy) is 1. The largest absolute Gasteiger partial charge is 0.497 e. The van der Waals surface area contributed by atoms with Crippen LogP contribution in [0.4, 0.5) is 5.69 Å². The summed E-state index contributed by atoms with van der Waals surface area (Å²) in [5.74, 6) is -0.226. The molecule has 10 heteroatoms. The molecule has 2 amide bonds. The summed E-state index contributed by atoms with van der Waals surface area (Å²) in [6, 6.07) is 19.4. The zero-order chi connectivity index (χ0) is 29.4. The molecule has 0 heterocycles. The van der Waals surface area contributed by atoms with Crippen LogP contribution in [-0.2, 0) is 26.2 Å². The maximum atomic E-state index is 14.0. The van der Waals surface area contributed by atoms with E-state index >= 15 is 0 Å². The Hall–Kier alpha value is -3.37. The average molecular weight is 631 g/mol. The molecule has 0 unspecified atom stereocenters. The Morgan fingerprint density at radius 3 is 2.25 bits per heavy atom. The molecule has 3 aromatic carbocycles. The van der Waals surface area contributed by atoms with Gasteiger partial charge in [0.2, 0.25) is 11.8 Å². The van der Waals surface area contributed by atoms with E-state index in [9.17, 15) is 18.0 Å². The van der Waals surface area contributed by atoms with Crippen LogP contribution < -0.4 is 14.4 Å². The summed E-state index contributed by atoms with van der Waals surface area (Å²) in [5.41, 5.74) is 1.98. The van der Waals surface area contributed by atoms with E-state index in [1.807, 2.05) is 26.8 Å². The molecule has 0 aromatic heterocycles. The number of nitrogens with zero attached hydrogens (tertiary/aromatic N) is 2. The minimum atomic E-state index is -4.11. The molecule has 0 saturated carbocycles. The predicted molar refractivity (Wildman–Crippen MR) is 161 cm³/mol. The number of benzene rings is 3. The quantitative estimate of drug-likeness (QED) is 0.294. The second kappa shape index (κ2) is 13.8. The summed E-state index contributed by atoms with van der Waals surface area (Å²) in [7, 11) is -2.56. The average Bonchev–Trinajstić information content (AvgIpc) is 2.94. The third-order valence-corrected chi connectivity index (χ3v) is 8.97. The second-order valence-electron chi connectivity index (χ2n) is 9.67. The molecule has 214 valence electrons. The van der Waals surface area contributed by atoms with Gasteiger partial charge in [-0.05, 0) is 81.3 Å². The van der Waals surface area contributed by atoms with Crippen molar-refractivity contribution in [3.63, 3.8) is 0 Å². The zero-order valence-corrected chi connectivity index (χ0v) is 25.8. The lowest BCUT2D eigenvalue weighted by Crippen LogP contribution is -2.52. The highest BCUT2D eigenvalue weighted by Gasteiger charge is 2.32. The van der Waals surface area contributed by atoms with Crippen molar-refractivity contribution in [1.29, 1.82) is 0 Å².